The van der Waals surface area contributed by atoms with Crippen LogP contribution in [0.3, 0.4) is 0 Å². The Morgan fingerprint density at radius 1 is 1.03 bits per heavy atom. The normalized spacial score (nSPS) is 19.4. The molecular formula is C29H26ClN3O3. The summed E-state index contributed by atoms with van der Waals surface area (Å²) in [6.07, 6.45) is 1.16. The van der Waals surface area contributed by atoms with Crippen LogP contribution in [-0.2, 0) is 22.4 Å². The number of amides is 2. The molecule has 7 heteroatoms. The molecule has 36 heavy (non-hydrogen) atoms. The smallest absolute Gasteiger partial charge is 0.246 e. The van der Waals surface area contributed by atoms with E-state index in [0.717, 1.165) is 33.3 Å². The molecule has 2 atom stereocenters. The summed E-state index contributed by atoms with van der Waals surface area (Å²) in [5.74, 6) is 0.660. The third-order valence-electron chi connectivity index (χ3n) is 7.34. The lowest BCUT2D eigenvalue weighted by Crippen LogP contribution is -2.63. The van der Waals surface area contributed by atoms with Gasteiger partial charge in [-0.3, -0.25) is 9.59 Å². The van der Waals surface area contributed by atoms with Crippen molar-refractivity contribution in [2.75, 3.05) is 20.2 Å². The number of ether oxygens (including phenoxy) is 1. The number of para-hydroxylation sites is 1. The van der Waals surface area contributed by atoms with E-state index in [1.54, 1.807) is 16.9 Å². The second kappa shape index (κ2) is 9.03. The van der Waals surface area contributed by atoms with Gasteiger partial charge in [0.05, 0.1) is 19.7 Å². The quantitative estimate of drug-likeness (QED) is 0.430. The Kier molecular flexibility index (Phi) is 5.69. The minimum atomic E-state index is -0.556. The predicted octanol–water partition coefficient (Wildman–Crippen LogP) is 4.76. The van der Waals surface area contributed by atoms with Crippen LogP contribution in [0.25, 0.3) is 10.9 Å². The summed E-state index contributed by atoms with van der Waals surface area (Å²) in [7, 11) is 1.63. The van der Waals surface area contributed by atoms with E-state index in [9.17, 15) is 9.59 Å². The van der Waals surface area contributed by atoms with Crippen molar-refractivity contribution in [3.8, 4) is 5.75 Å². The lowest BCUT2D eigenvalue weighted by Gasteiger charge is -2.47. The maximum atomic E-state index is 13.8. The number of piperazine rings is 1. The van der Waals surface area contributed by atoms with Gasteiger partial charge in [-0.1, -0.05) is 54.1 Å². The summed E-state index contributed by atoms with van der Waals surface area (Å²) in [6, 6.07) is 22.5. The number of nitrogens with zero attached hydrogens (tertiary/aromatic N) is 2. The Morgan fingerprint density at radius 2 is 1.83 bits per heavy atom. The predicted molar refractivity (Wildman–Crippen MR) is 139 cm³/mol. The molecule has 0 bridgehead atoms. The lowest BCUT2D eigenvalue weighted by molar-refractivity contribution is -0.158. The number of methoxy groups -OCH3 is 1. The van der Waals surface area contributed by atoms with Gasteiger partial charge in [0, 0.05) is 34.6 Å². The Bertz CT molecular complexity index is 1460. The molecule has 2 aliphatic rings. The number of rotatable bonds is 5. The van der Waals surface area contributed by atoms with Crippen LogP contribution in [-0.4, -0.2) is 52.8 Å². The highest BCUT2D eigenvalue weighted by Gasteiger charge is 2.48. The van der Waals surface area contributed by atoms with E-state index in [-0.39, 0.29) is 18.4 Å². The molecule has 0 radical (unpaired) electrons. The zero-order valence-electron chi connectivity index (χ0n) is 19.9. The number of hydrogen-bond acceptors (Lipinski definition) is 3. The first-order chi connectivity index (χ1) is 17.5. The van der Waals surface area contributed by atoms with Gasteiger partial charge in [-0.2, -0.15) is 0 Å². The van der Waals surface area contributed by atoms with Gasteiger partial charge in [-0.15, -0.1) is 0 Å². The number of hydrogen-bond donors (Lipinski definition) is 1. The molecule has 1 N–H and O–H groups in total. The lowest BCUT2D eigenvalue weighted by atomic mass is 9.86. The molecule has 2 amide bonds. The minimum absolute atomic E-state index is 0.00705. The van der Waals surface area contributed by atoms with Gasteiger partial charge in [-0.05, 0) is 53.4 Å². The van der Waals surface area contributed by atoms with Gasteiger partial charge >= 0.3 is 0 Å². The van der Waals surface area contributed by atoms with Crippen LogP contribution in [0.4, 0.5) is 0 Å². The molecule has 1 saturated heterocycles. The molecule has 1 fully saturated rings. The van der Waals surface area contributed by atoms with Gasteiger partial charge in [-0.25, -0.2) is 0 Å². The van der Waals surface area contributed by atoms with Crippen LogP contribution in [0.5, 0.6) is 5.75 Å². The van der Waals surface area contributed by atoms with E-state index in [0.29, 0.717) is 30.2 Å². The van der Waals surface area contributed by atoms with Crippen molar-refractivity contribution in [3.63, 3.8) is 0 Å². The molecule has 0 aliphatic carbocycles. The van der Waals surface area contributed by atoms with E-state index in [4.69, 9.17) is 16.3 Å². The van der Waals surface area contributed by atoms with Crippen molar-refractivity contribution in [2.45, 2.75) is 24.9 Å². The molecule has 0 spiro atoms. The van der Waals surface area contributed by atoms with Crippen LogP contribution in [0, 0.1) is 0 Å². The summed E-state index contributed by atoms with van der Waals surface area (Å²) in [5.41, 5.74) is 5.08. The number of H-pyrrole nitrogens is 1. The SMILES string of the molecule is COc1cccc([C@H]2c3[nH]c4ccccc4c3C[C@H]3C(=O)N(CCc4ccc(Cl)cc4)CC(=O)N23)c1. The highest BCUT2D eigenvalue weighted by atomic mass is 35.5. The number of nitrogens with one attached hydrogen (secondary N) is 1. The summed E-state index contributed by atoms with van der Waals surface area (Å²) in [4.78, 5) is 34.6. The molecule has 6 nitrogen and oxygen atoms in total. The number of fused-ring (bicyclic) bond motifs is 4. The van der Waals surface area contributed by atoms with Crippen molar-refractivity contribution >= 4 is 34.3 Å². The Labute approximate surface area is 214 Å². The van der Waals surface area contributed by atoms with Crippen LogP contribution in [0.15, 0.2) is 72.8 Å². The first-order valence-electron chi connectivity index (χ1n) is 12.1. The fraction of sp³-hybridized carbons (Fsp3) is 0.241. The van der Waals surface area contributed by atoms with Crippen molar-refractivity contribution in [2.24, 2.45) is 0 Å². The first kappa shape index (κ1) is 22.7. The zero-order chi connectivity index (χ0) is 24.8. The largest absolute Gasteiger partial charge is 0.497 e. The third-order valence-corrected chi connectivity index (χ3v) is 7.59. The average Bonchev–Trinajstić information content (AvgIpc) is 3.28. The molecular weight excluding hydrogens is 474 g/mol. The fourth-order valence-electron chi connectivity index (χ4n) is 5.59. The maximum Gasteiger partial charge on any atom is 0.246 e. The standard InChI is InChI=1S/C29H26ClN3O3/c1-36-21-6-4-5-19(15-21)28-27-23(22-7-2-3-8-24(22)31-27)16-25-29(35)32(17-26(34)33(25)28)14-13-18-9-11-20(30)12-10-18/h2-12,15,25,28,31H,13-14,16-17H2,1H3/t25-,28-/m0/s1. The first-order valence-corrected chi connectivity index (χ1v) is 12.5. The monoisotopic (exact) mass is 499 g/mol. The molecule has 3 heterocycles. The van der Waals surface area contributed by atoms with Crippen LogP contribution in [0.1, 0.15) is 28.4 Å². The molecule has 3 aromatic carbocycles. The minimum Gasteiger partial charge on any atom is -0.497 e. The van der Waals surface area contributed by atoms with E-state index in [1.807, 2.05) is 66.7 Å². The van der Waals surface area contributed by atoms with Crippen molar-refractivity contribution < 1.29 is 14.3 Å². The molecule has 182 valence electrons. The molecule has 4 aromatic rings. The second-order valence-corrected chi connectivity index (χ2v) is 9.84. The molecule has 0 unspecified atom stereocenters. The number of halogens is 1. The summed E-state index contributed by atoms with van der Waals surface area (Å²) in [5, 5.41) is 1.78. The fourth-order valence-corrected chi connectivity index (χ4v) is 5.71. The molecule has 1 aromatic heterocycles. The highest BCUT2D eigenvalue weighted by molar-refractivity contribution is 6.30. The zero-order valence-corrected chi connectivity index (χ0v) is 20.7. The number of carbonyl (C=O) groups is 2. The third kappa shape index (κ3) is 3.82. The topological polar surface area (TPSA) is 65.6 Å². The number of aromatic nitrogens is 1. The summed E-state index contributed by atoms with van der Waals surface area (Å²) in [6.45, 7) is 0.556. The number of benzene rings is 3. The van der Waals surface area contributed by atoms with E-state index >= 15 is 0 Å². The highest BCUT2D eigenvalue weighted by Crippen LogP contribution is 2.43. The van der Waals surface area contributed by atoms with Crippen LogP contribution < -0.4 is 4.74 Å². The van der Waals surface area contributed by atoms with Gasteiger partial charge in [0.1, 0.15) is 11.8 Å². The van der Waals surface area contributed by atoms with Gasteiger partial charge < -0.3 is 19.5 Å². The van der Waals surface area contributed by atoms with Gasteiger partial charge in [0.15, 0.2) is 0 Å². The Balaban J connectivity index is 1.39. The van der Waals surface area contributed by atoms with E-state index < -0.39 is 12.1 Å². The van der Waals surface area contributed by atoms with Gasteiger partial charge in [0.25, 0.3) is 0 Å². The van der Waals surface area contributed by atoms with Crippen LogP contribution >= 0.6 is 11.6 Å². The van der Waals surface area contributed by atoms with E-state index in [1.165, 1.54) is 0 Å². The van der Waals surface area contributed by atoms with Crippen molar-refractivity contribution in [1.29, 1.82) is 0 Å². The Hall–Kier alpha value is -3.77. The van der Waals surface area contributed by atoms with Gasteiger partial charge in [0.2, 0.25) is 11.8 Å². The number of aromatic amines is 1. The molecule has 0 saturated carbocycles. The summed E-state index contributed by atoms with van der Waals surface area (Å²) >= 11 is 6.01. The molecule has 2 aliphatic heterocycles. The Morgan fingerprint density at radius 3 is 2.64 bits per heavy atom. The van der Waals surface area contributed by atoms with Crippen LogP contribution in [0.2, 0.25) is 5.02 Å². The van der Waals surface area contributed by atoms with Crippen molar-refractivity contribution in [1.82, 2.24) is 14.8 Å². The average molecular weight is 500 g/mol. The van der Waals surface area contributed by atoms with Crippen molar-refractivity contribution in [3.05, 3.63) is 100 Å². The summed E-state index contributed by atoms with van der Waals surface area (Å²) < 4.78 is 5.48. The molecule has 6 rings (SSSR count). The number of carbonyl (C=O) groups excluding carboxylic acids is 2. The van der Waals surface area contributed by atoms with E-state index in [2.05, 4.69) is 11.1 Å². The maximum absolute atomic E-state index is 13.8. The second-order valence-electron chi connectivity index (χ2n) is 9.40.